The molecule has 2 amide bonds. The lowest BCUT2D eigenvalue weighted by Crippen LogP contribution is -2.54. The number of carbonyl (C=O) groups is 2. The third kappa shape index (κ3) is 7.69. The minimum absolute atomic E-state index is 0.0261. The van der Waals surface area contributed by atoms with Crippen molar-refractivity contribution in [1.29, 1.82) is 0 Å². The molecule has 0 saturated heterocycles. The standard InChI is InChI=1S/C32H33Cl2N3O4S/c1-22(2)35-32(39)30(17-23-9-5-4-6-10-23)37(20-26-13-15-27(33)19-29(26)34)31(38)21-36(3)42(40,41)28-16-14-24-11-7-8-12-25(24)18-28/h4-16,18-19,22,30H,17,20-21H2,1-3H3,(H,35,39). The van der Waals surface area contributed by atoms with E-state index >= 15 is 0 Å². The van der Waals surface area contributed by atoms with Gasteiger partial charge in [-0.3, -0.25) is 9.59 Å². The second-order valence-electron chi connectivity index (χ2n) is 10.4. The molecular formula is C32H33Cl2N3O4S. The Morgan fingerprint density at radius 2 is 1.52 bits per heavy atom. The van der Waals surface area contributed by atoms with Crippen molar-refractivity contribution in [3.8, 4) is 0 Å². The predicted molar refractivity (Wildman–Crippen MR) is 168 cm³/mol. The van der Waals surface area contributed by atoms with Gasteiger partial charge in [-0.25, -0.2) is 8.42 Å². The average molecular weight is 627 g/mol. The van der Waals surface area contributed by atoms with Crippen LogP contribution in [0, 0.1) is 0 Å². The number of nitrogens with one attached hydrogen (secondary N) is 1. The van der Waals surface area contributed by atoms with Crippen LogP contribution in [0.25, 0.3) is 10.8 Å². The molecule has 0 aliphatic carbocycles. The molecule has 220 valence electrons. The lowest BCUT2D eigenvalue weighted by Gasteiger charge is -2.33. The van der Waals surface area contributed by atoms with Crippen LogP contribution in [-0.4, -0.2) is 55.1 Å². The average Bonchev–Trinajstić information content (AvgIpc) is 2.95. The first kappa shape index (κ1) is 31.5. The highest BCUT2D eigenvalue weighted by atomic mass is 35.5. The maximum Gasteiger partial charge on any atom is 0.243 e. The number of rotatable bonds is 11. The Morgan fingerprint density at radius 1 is 0.857 bits per heavy atom. The van der Waals surface area contributed by atoms with Gasteiger partial charge >= 0.3 is 0 Å². The van der Waals surface area contributed by atoms with Gasteiger partial charge in [-0.05, 0) is 60.0 Å². The van der Waals surface area contributed by atoms with Crippen LogP contribution in [-0.2, 0) is 32.6 Å². The highest BCUT2D eigenvalue weighted by Gasteiger charge is 2.33. The maximum absolute atomic E-state index is 14.0. The molecule has 10 heteroatoms. The molecule has 1 unspecified atom stereocenters. The molecule has 0 radical (unpaired) electrons. The highest BCUT2D eigenvalue weighted by molar-refractivity contribution is 7.89. The molecule has 42 heavy (non-hydrogen) atoms. The molecule has 0 spiro atoms. The molecule has 7 nitrogen and oxygen atoms in total. The number of halogens is 2. The number of hydrogen-bond acceptors (Lipinski definition) is 4. The van der Waals surface area contributed by atoms with Crippen molar-refractivity contribution in [1.82, 2.24) is 14.5 Å². The number of likely N-dealkylation sites (N-methyl/N-ethyl adjacent to an activating group) is 1. The summed E-state index contributed by atoms with van der Waals surface area (Å²) in [6, 6.07) is 25.4. The molecule has 0 bridgehead atoms. The Labute approximate surface area is 257 Å². The van der Waals surface area contributed by atoms with Crippen LogP contribution in [0.2, 0.25) is 10.0 Å². The van der Waals surface area contributed by atoms with E-state index in [9.17, 15) is 18.0 Å². The van der Waals surface area contributed by atoms with Crippen molar-refractivity contribution < 1.29 is 18.0 Å². The first-order chi connectivity index (χ1) is 20.0. The van der Waals surface area contributed by atoms with E-state index in [0.29, 0.717) is 15.6 Å². The first-order valence-electron chi connectivity index (χ1n) is 13.5. The largest absolute Gasteiger partial charge is 0.352 e. The van der Waals surface area contributed by atoms with Crippen LogP contribution in [0.4, 0.5) is 0 Å². The molecule has 0 aromatic heterocycles. The number of nitrogens with zero attached hydrogens (tertiary/aromatic N) is 2. The van der Waals surface area contributed by atoms with E-state index in [4.69, 9.17) is 23.2 Å². The van der Waals surface area contributed by atoms with E-state index < -0.39 is 28.5 Å². The molecule has 0 aliphatic rings. The van der Waals surface area contributed by atoms with Crippen LogP contribution < -0.4 is 5.32 Å². The number of amides is 2. The Morgan fingerprint density at radius 3 is 2.19 bits per heavy atom. The number of sulfonamides is 1. The summed E-state index contributed by atoms with van der Waals surface area (Å²) in [5, 5.41) is 5.35. The van der Waals surface area contributed by atoms with Gasteiger partial charge in [0.05, 0.1) is 11.4 Å². The van der Waals surface area contributed by atoms with Crippen molar-refractivity contribution >= 4 is 55.8 Å². The molecule has 0 heterocycles. The Balaban J connectivity index is 1.69. The molecule has 0 fully saturated rings. The smallest absolute Gasteiger partial charge is 0.243 e. The van der Waals surface area contributed by atoms with Crippen LogP contribution in [0.1, 0.15) is 25.0 Å². The van der Waals surface area contributed by atoms with Gasteiger partial charge in [-0.1, -0.05) is 89.9 Å². The van der Waals surface area contributed by atoms with Gasteiger partial charge in [0.15, 0.2) is 0 Å². The lowest BCUT2D eigenvalue weighted by molar-refractivity contribution is -0.141. The summed E-state index contributed by atoms with van der Waals surface area (Å²) in [6.45, 7) is 3.16. The molecule has 1 atom stereocenters. The van der Waals surface area contributed by atoms with Gasteiger partial charge in [-0.15, -0.1) is 0 Å². The SMILES string of the molecule is CC(C)NC(=O)C(Cc1ccccc1)N(Cc1ccc(Cl)cc1Cl)C(=O)CN(C)S(=O)(=O)c1ccc2ccccc2c1. The summed E-state index contributed by atoms with van der Waals surface area (Å²) >= 11 is 12.6. The fourth-order valence-corrected chi connectivity index (χ4v) is 6.27. The van der Waals surface area contributed by atoms with E-state index in [0.717, 1.165) is 20.6 Å². The maximum atomic E-state index is 14.0. The van der Waals surface area contributed by atoms with Gasteiger partial charge < -0.3 is 10.2 Å². The van der Waals surface area contributed by atoms with Gasteiger partial charge in [0.1, 0.15) is 6.04 Å². The molecule has 1 N–H and O–H groups in total. The zero-order valence-electron chi connectivity index (χ0n) is 23.6. The first-order valence-corrected chi connectivity index (χ1v) is 15.7. The fraction of sp³-hybridized carbons (Fsp3) is 0.250. The van der Waals surface area contributed by atoms with Gasteiger partial charge in [0.25, 0.3) is 0 Å². The zero-order valence-corrected chi connectivity index (χ0v) is 26.0. The van der Waals surface area contributed by atoms with Crippen LogP contribution >= 0.6 is 23.2 Å². The predicted octanol–water partition coefficient (Wildman–Crippen LogP) is 5.93. The lowest BCUT2D eigenvalue weighted by atomic mass is 10.0. The summed E-state index contributed by atoms with van der Waals surface area (Å²) in [6.07, 6.45) is 0.220. The summed E-state index contributed by atoms with van der Waals surface area (Å²) < 4.78 is 28.1. The summed E-state index contributed by atoms with van der Waals surface area (Å²) in [4.78, 5) is 29.1. The number of carbonyl (C=O) groups excluding carboxylic acids is 2. The number of fused-ring (bicyclic) bond motifs is 1. The van der Waals surface area contributed by atoms with Crippen molar-refractivity contribution in [2.45, 2.75) is 43.8 Å². The van der Waals surface area contributed by atoms with Crippen molar-refractivity contribution in [2.24, 2.45) is 0 Å². The minimum Gasteiger partial charge on any atom is -0.352 e. The second kappa shape index (κ2) is 13.7. The molecule has 0 saturated carbocycles. The highest BCUT2D eigenvalue weighted by Crippen LogP contribution is 2.25. The van der Waals surface area contributed by atoms with Crippen molar-refractivity contribution in [2.75, 3.05) is 13.6 Å². The van der Waals surface area contributed by atoms with Gasteiger partial charge in [0.2, 0.25) is 21.8 Å². The molecule has 4 aromatic rings. The molecular weight excluding hydrogens is 593 g/mol. The van der Waals surface area contributed by atoms with Crippen LogP contribution in [0.5, 0.6) is 0 Å². The number of benzene rings is 4. The van der Waals surface area contributed by atoms with E-state index in [2.05, 4.69) is 5.32 Å². The van der Waals surface area contributed by atoms with E-state index in [-0.39, 0.29) is 29.8 Å². The van der Waals surface area contributed by atoms with Gasteiger partial charge in [-0.2, -0.15) is 4.31 Å². The van der Waals surface area contributed by atoms with Crippen LogP contribution in [0.15, 0.2) is 95.9 Å². The third-order valence-electron chi connectivity index (χ3n) is 6.84. The minimum atomic E-state index is -4.03. The normalized spacial score (nSPS) is 12.5. The fourth-order valence-electron chi connectivity index (χ4n) is 4.64. The monoisotopic (exact) mass is 625 g/mol. The van der Waals surface area contributed by atoms with E-state index in [1.807, 2.05) is 68.4 Å². The number of hydrogen-bond donors (Lipinski definition) is 1. The molecule has 4 aromatic carbocycles. The van der Waals surface area contributed by atoms with E-state index in [1.165, 1.54) is 18.0 Å². The van der Waals surface area contributed by atoms with Crippen molar-refractivity contribution in [3.63, 3.8) is 0 Å². The Kier molecular flexibility index (Phi) is 10.3. The summed E-state index contributed by atoms with van der Waals surface area (Å²) in [7, 11) is -2.67. The summed E-state index contributed by atoms with van der Waals surface area (Å²) in [5.74, 6) is -0.903. The second-order valence-corrected chi connectivity index (χ2v) is 13.3. The zero-order chi connectivity index (χ0) is 30.4. The molecule has 4 rings (SSSR count). The third-order valence-corrected chi connectivity index (χ3v) is 9.23. The van der Waals surface area contributed by atoms with Gasteiger partial charge in [0, 0.05) is 36.1 Å². The Hall–Kier alpha value is -3.43. The van der Waals surface area contributed by atoms with Crippen molar-refractivity contribution in [3.05, 3.63) is 112 Å². The van der Waals surface area contributed by atoms with E-state index in [1.54, 1.807) is 30.3 Å². The quantitative estimate of drug-likeness (QED) is 0.224. The Bertz CT molecular complexity index is 1680. The topological polar surface area (TPSA) is 86.8 Å². The molecule has 0 aliphatic heterocycles. The van der Waals surface area contributed by atoms with Crippen LogP contribution in [0.3, 0.4) is 0 Å². The summed E-state index contributed by atoms with van der Waals surface area (Å²) in [5.41, 5.74) is 1.42.